The molecule has 0 saturated heterocycles. The number of ether oxygens (including phenoxy) is 1. The summed E-state index contributed by atoms with van der Waals surface area (Å²) in [4.78, 5) is 17.3. The lowest BCUT2D eigenvalue weighted by atomic mass is 10.0. The normalized spacial score (nSPS) is 15.4. The zero-order valence-corrected chi connectivity index (χ0v) is 17.8. The largest absolute Gasteiger partial charge is 0.503 e. The fourth-order valence-corrected chi connectivity index (χ4v) is 3.18. The first-order chi connectivity index (χ1) is 14.1. The van der Waals surface area contributed by atoms with Crippen LogP contribution in [0.15, 0.2) is 52.5 Å². The van der Waals surface area contributed by atoms with Crippen LogP contribution in [-0.2, 0) is 9.53 Å². The van der Waals surface area contributed by atoms with E-state index in [9.17, 15) is 9.90 Å². The van der Waals surface area contributed by atoms with E-state index in [1.807, 2.05) is 33.8 Å². The molecule has 6 N–H and O–H groups in total. The van der Waals surface area contributed by atoms with Crippen molar-refractivity contribution in [1.29, 1.82) is 0 Å². The Morgan fingerprint density at radius 2 is 1.53 bits per heavy atom. The van der Waals surface area contributed by atoms with Crippen LogP contribution in [-0.4, -0.2) is 23.7 Å². The number of nitrogens with two attached hydrogens (primary N) is 2. The number of benzene rings is 2. The predicted molar refractivity (Wildman–Crippen MR) is 121 cm³/mol. The van der Waals surface area contributed by atoms with Crippen molar-refractivity contribution in [3.8, 4) is 0 Å². The number of allylic oxidation sites excluding steroid dienone is 2. The van der Waals surface area contributed by atoms with Crippen molar-refractivity contribution in [2.75, 3.05) is 23.9 Å². The van der Waals surface area contributed by atoms with Crippen molar-refractivity contribution in [3.05, 3.63) is 69.8 Å². The molecule has 30 heavy (non-hydrogen) atoms. The SMILES string of the molecule is COC1=C(O)C(Nc2ccc(N)c(C)c2C)=CC(=Nc2ccc(N)c(C)c2C)C1=O. The number of hydrogen-bond donors (Lipinski definition) is 4. The van der Waals surface area contributed by atoms with Crippen LogP contribution in [0, 0.1) is 27.7 Å². The van der Waals surface area contributed by atoms with Gasteiger partial charge in [0.15, 0.2) is 5.76 Å². The molecule has 1 aliphatic rings. The average Bonchev–Trinajstić information content (AvgIpc) is 2.72. The smallest absolute Gasteiger partial charge is 0.249 e. The molecule has 0 atom stereocenters. The Balaban J connectivity index is 2.10. The Hall–Kier alpha value is -3.74. The van der Waals surface area contributed by atoms with Gasteiger partial charge < -0.3 is 26.6 Å². The zero-order valence-electron chi connectivity index (χ0n) is 17.8. The standard InChI is InChI=1S/C23H26N4O3/c1-11-13(3)17(8-6-15(11)24)26-19-10-20(22(29)23(30-5)21(19)28)27-18-9-7-16(25)12(2)14(18)4/h6-10,26,28H,24-25H2,1-5H3. The first-order valence-electron chi connectivity index (χ1n) is 9.46. The first-order valence-corrected chi connectivity index (χ1v) is 9.46. The topological polar surface area (TPSA) is 123 Å². The van der Waals surface area contributed by atoms with Gasteiger partial charge >= 0.3 is 0 Å². The number of ketones is 1. The van der Waals surface area contributed by atoms with E-state index in [0.29, 0.717) is 22.8 Å². The number of nitrogens with zero attached hydrogens (tertiary/aromatic N) is 1. The summed E-state index contributed by atoms with van der Waals surface area (Å²) in [6, 6.07) is 7.12. The number of carbonyl (C=O) groups is 1. The molecule has 0 aromatic heterocycles. The lowest BCUT2D eigenvalue weighted by molar-refractivity contribution is -0.112. The van der Waals surface area contributed by atoms with E-state index in [4.69, 9.17) is 16.2 Å². The van der Waals surface area contributed by atoms with E-state index in [0.717, 1.165) is 27.9 Å². The summed E-state index contributed by atoms with van der Waals surface area (Å²) < 4.78 is 5.18. The third-order valence-electron chi connectivity index (χ3n) is 5.53. The van der Waals surface area contributed by atoms with Gasteiger partial charge in [0.1, 0.15) is 5.71 Å². The molecule has 2 aromatic carbocycles. The molecule has 7 heteroatoms. The van der Waals surface area contributed by atoms with Crippen molar-refractivity contribution in [2.45, 2.75) is 27.7 Å². The first kappa shape index (κ1) is 21.0. The van der Waals surface area contributed by atoms with Gasteiger partial charge in [-0.15, -0.1) is 0 Å². The van der Waals surface area contributed by atoms with Crippen LogP contribution in [0.2, 0.25) is 0 Å². The predicted octanol–water partition coefficient (Wildman–Crippen LogP) is 4.15. The van der Waals surface area contributed by atoms with Crippen molar-refractivity contribution in [3.63, 3.8) is 0 Å². The van der Waals surface area contributed by atoms with Gasteiger partial charge in [0.25, 0.3) is 0 Å². The highest BCUT2D eigenvalue weighted by molar-refractivity contribution is 6.50. The number of nitrogens with one attached hydrogen (secondary N) is 1. The molecule has 0 fully saturated rings. The number of carbonyl (C=O) groups excluding carboxylic acids is 1. The zero-order chi connectivity index (χ0) is 22.2. The third-order valence-corrected chi connectivity index (χ3v) is 5.53. The minimum Gasteiger partial charge on any atom is -0.503 e. The molecule has 0 radical (unpaired) electrons. The van der Waals surface area contributed by atoms with Crippen LogP contribution in [0.1, 0.15) is 22.3 Å². The summed E-state index contributed by atoms with van der Waals surface area (Å²) in [7, 11) is 1.33. The monoisotopic (exact) mass is 406 g/mol. The van der Waals surface area contributed by atoms with E-state index in [1.54, 1.807) is 18.2 Å². The number of methoxy groups -OCH3 is 1. The van der Waals surface area contributed by atoms with Crippen molar-refractivity contribution in [1.82, 2.24) is 0 Å². The molecule has 0 spiro atoms. The van der Waals surface area contributed by atoms with Crippen LogP contribution >= 0.6 is 0 Å². The fourth-order valence-electron chi connectivity index (χ4n) is 3.18. The number of Topliss-reactive ketones (excluding diaryl/α,β-unsaturated/α-hetero) is 1. The molecule has 0 heterocycles. The highest BCUT2D eigenvalue weighted by Gasteiger charge is 2.29. The molecular formula is C23H26N4O3. The summed E-state index contributed by atoms with van der Waals surface area (Å²) in [5, 5.41) is 13.8. The Morgan fingerprint density at radius 1 is 0.933 bits per heavy atom. The Labute approximate surface area is 175 Å². The van der Waals surface area contributed by atoms with Crippen LogP contribution in [0.5, 0.6) is 0 Å². The van der Waals surface area contributed by atoms with Gasteiger partial charge in [-0.05, 0) is 80.3 Å². The van der Waals surface area contributed by atoms with Gasteiger partial charge in [0.05, 0.1) is 18.5 Å². The fraction of sp³-hybridized carbons (Fsp3) is 0.217. The second-order valence-electron chi connectivity index (χ2n) is 7.27. The number of rotatable bonds is 4. The highest BCUT2D eigenvalue weighted by Crippen LogP contribution is 2.30. The number of hydrogen-bond acceptors (Lipinski definition) is 7. The third kappa shape index (κ3) is 3.61. The Morgan fingerprint density at radius 3 is 2.17 bits per heavy atom. The van der Waals surface area contributed by atoms with Crippen LogP contribution in [0.4, 0.5) is 22.7 Å². The molecule has 3 rings (SSSR count). The highest BCUT2D eigenvalue weighted by atomic mass is 16.5. The van der Waals surface area contributed by atoms with Gasteiger partial charge in [-0.1, -0.05) is 0 Å². The quantitative estimate of drug-likeness (QED) is 0.447. The van der Waals surface area contributed by atoms with Crippen molar-refractivity contribution in [2.24, 2.45) is 4.99 Å². The van der Waals surface area contributed by atoms with E-state index >= 15 is 0 Å². The average molecular weight is 406 g/mol. The van der Waals surface area contributed by atoms with Crippen LogP contribution < -0.4 is 16.8 Å². The van der Waals surface area contributed by atoms with Crippen molar-refractivity contribution < 1.29 is 14.6 Å². The summed E-state index contributed by atoms with van der Waals surface area (Å²) >= 11 is 0. The molecule has 156 valence electrons. The van der Waals surface area contributed by atoms with Gasteiger partial charge in [0, 0.05) is 17.1 Å². The summed E-state index contributed by atoms with van der Waals surface area (Å²) in [5.74, 6) is -0.950. The van der Waals surface area contributed by atoms with Gasteiger partial charge in [-0.2, -0.15) is 0 Å². The minimum atomic E-state index is -0.500. The van der Waals surface area contributed by atoms with E-state index in [1.165, 1.54) is 13.2 Å². The molecule has 1 aliphatic carbocycles. The number of nitrogen functional groups attached to an aromatic ring is 2. The van der Waals surface area contributed by atoms with Gasteiger partial charge in [-0.25, -0.2) is 4.99 Å². The second kappa shape index (κ2) is 7.94. The molecule has 0 unspecified atom stereocenters. The summed E-state index contributed by atoms with van der Waals surface area (Å²) in [6.45, 7) is 7.64. The molecule has 2 aromatic rings. The maximum Gasteiger partial charge on any atom is 0.249 e. The number of anilines is 3. The lowest BCUT2D eigenvalue weighted by Gasteiger charge is -2.20. The van der Waals surface area contributed by atoms with E-state index < -0.39 is 5.78 Å². The van der Waals surface area contributed by atoms with Gasteiger partial charge in [-0.3, -0.25) is 4.79 Å². The molecule has 0 aliphatic heterocycles. The van der Waals surface area contributed by atoms with E-state index in [-0.39, 0.29) is 17.2 Å². The van der Waals surface area contributed by atoms with Gasteiger partial charge in [0.2, 0.25) is 11.5 Å². The Kier molecular flexibility index (Phi) is 5.56. The molecule has 0 saturated carbocycles. The summed E-state index contributed by atoms with van der Waals surface area (Å²) in [6.07, 6.45) is 1.51. The summed E-state index contributed by atoms with van der Waals surface area (Å²) in [5.41, 5.74) is 18.7. The molecular weight excluding hydrogens is 380 g/mol. The molecule has 0 amide bonds. The van der Waals surface area contributed by atoms with Crippen molar-refractivity contribution >= 4 is 34.2 Å². The van der Waals surface area contributed by atoms with E-state index in [2.05, 4.69) is 10.3 Å². The number of aliphatic hydroxyl groups excluding tert-OH is 1. The lowest BCUT2D eigenvalue weighted by Crippen LogP contribution is -2.25. The number of aliphatic imine (C=N–C) groups is 1. The maximum atomic E-state index is 12.8. The molecule has 7 nitrogen and oxygen atoms in total. The Bertz CT molecular complexity index is 1140. The second-order valence-corrected chi connectivity index (χ2v) is 7.27. The van der Waals surface area contributed by atoms with Crippen LogP contribution in [0.3, 0.4) is 0 Å². The minimum absolute atomic E-state index is 0.143. The molecule has 0 bridgehead atoms. The maximum absolute atomic E-state index is 12.8. The van der Waals surface area contributed by atoms with Crippen LogP contribution in [0.25, 0.3) is 0 Å². The number of aliphatic hydroxyl groups is 1.